The number of carbonyl (C=O) groups is 2. The second kappa shape index (κ2) is 11.7. The molecule has 0 bridgehead atoms. The highest BCUT2D eigenvalue weighted by Crippen LogP contribution is 2.68. The molecular weight excluding hydrogens is 436 g/mol. The van der Waals surface area contributed by atoms with E-state index in [9.17, 15) is 14.7 Å². The molecule has 8 atom stereocenters. The van der Waals surface area contributed by atoms with Crippen molar-refractivity contribution in [1.29, 1.82) is 0 Å². The van der Waals surface area contributed by atoms with Gasteiger partial charge in [0.15, 0.2) is 0 Å². The highest BCUT2D eigenvalue weighted by molar-refractivity contribution is 5.79. The SMILES string of the molecule is C[C@]12CCC(=O)CC1CC[C@@H]1[C@H]2C(CCCCCCCCCCCC(=O)O)C[C@]2(C)C(O)CC[C@@H]12. The molecule has 200 valence electrons. The van der Waals surface area contributed by atoms with Crippen LogP contribution in [0.2, 0.25) is 0 Å². The van der Waals surface area contributed by atoms with Crippen LogP contribution in [0.3, 0.4) is 0 Å². The molecule has 4 fully saturated rings. The van der Waals surface area contributed by atoms with E-state index in [-0.39, 0.29) is 11.5 Å². The number of aliphatic carboxylic acids is 1. The smallest absolute Gasteiger partial charge is 0.303 e. The lowest BCUT2D eigenvalue weighted by Gasteiger charge is -2.62. The van der Waals surface area contributed by atoms with Gasteiger partial charge in [0, 0.05) is 19.3 Å². The number of hydrogen-bond donors (Lipinski definition) is 2. The van der Waals surface area contributed by atoms with Gasteiger partial charge < -0.3 is 10.2 Å². The van der Waals surface area contributed by atoms with Crippen LogP contribution in [0.15, 0.2) is 0 Å². The van der Waals surface area contributed by atoms with Crippen LogP contribution in [0, 0.1) is 40.4 Å². The maximum atomic E-state index is 12.3. The largest absolute Gasteiger partial charge is 0.481 e. The first-order valence-electron chi connectivity index (χ1n) is 15.2. The van der Waals surface area contributed by atoms with Crippen LogP contribution in [-0.2, 0) is 9.59 Å². The summed E-state index contributed by atoms with van der Waals surface area (Å²) in [4.78, 5) is 22.9. The van der Waals surface area contributed by atoms with E-state index in [2.05, 4.69) is 13.8 Å². The van der Waals surface area contributed by atoms with Crippen molar-refractivity contribution in [3.05, 3.63) is 0 Å². The minimum atomic E-state index is -0.670. The second-order valence-corrected chi connectivity index (χ2v) is 13.5. The van der Waals surface area contributed by atoms with Crippen LogP contribution in [0.4, 0.5) is 0 Å². The van der Waals surface area contributed by atoms with E-state index >= 15 is 0 Å². The summed E-state index contributed by atoms with van der Waals surface area (Å²) in [7, 11) is 0. The van der Waals surface area contributed by atoms with Gasteiger partial charge in [0.05, 0.1) is 6.10 Å². The highest BCUT2D eigenvalue weighted by Gasteiger charge is 2.62. The summed E-state index contributed by atoms with van der Waals surface area (Å²) in [5.41, 5.74) is 0.442. The molecule has 0 aromatic rings. The van der Waals surface area contributed by atoms with Gasteiger partial charge in [-0.05, 0) is 85.4 Å². The molecule has 3 unspecified atom stereocenters. The number of rotatable bonds is 12. The van der Waals surface area contributed by atoms with Gasteiger partial charge in [-0.15, -0.1) is 0 Å². The molecule has 4 aliphatic carbocycles. The van der Waals surface area contributed by atoms with Gasteiger partial charge in [-0.25, -0.2) is 0 Å². The monoisotopic (exact) mass is 488 g/mol. The third-order valence-corrected chi connectivity index (χ3v) is 11.5. The first kappa shape index (κ1) is 27.1. The Labute approximate surface area is 214 Å². The van der Waals surface area contributed by atoms with Crippen LogP contribution >= 0.6 is 0 Å². The van der Waals surface area contributed by atoms with Crippen molar-refractivity contribution >= 4 is 11.8 Å². The molecule has 4 nitrogen and oxygen atoms in total. The van der Waals surface area contributed by atoms with Gasteiger partial charge >= 0.3 is 5.97 Å². The first-order valence-corrected chi connectivity index (χ1v) is 15.2. The maximum absolute atomic E-state index is 12.3. The fourth-order valence-electron chi connectivity index (χ4n) is 9.62. The molecule has 0 aliphatic heterocycles. The predicted octanol–water partition coefficient (Wildman–Crippen LogP) is 7.56. The zero-order valence-electron chi connectivity index (χ0n) is 22.6. The predicted molar refractivity (Wildman–Crippen MR) is 140 cm³/mol. The molecule has 0 amide bonds. The highest BCUT2D eigenvalue weighted by atomic mass is 16.4. The number of ketones is 1. The van der Waals surface area contributed by atoms with Crippen molar-refractivity contribution in [2.45, 2.75) is 142 Å². The van der Waals surface area contributed by atoms with Crippen LogP contribution < -0.4 is 0 Å². The summed E-state index contributed by atoms with van der Waals surface area (Å²) in [5, 5.41) is 19.7. The number of aliphatic hydroxyl groups excluding tert-OH is 1. The molecule has 4 heteroatoms. The molecule has 2 N–H and O–H groups in total. The second-order valence-electron chi connectivity index (χ2n) is 13.5. The van der Waals surface area contributed by atoms with E-state index < -0.39 is 5.97 Å². The summed E-state index contributed by atoms with van der Waals surface area (Å²) in [6.07, 6.45) is 20.9. The van der Waals surface area contributed by atoms with Crippen LogP contribution in [0.25, 0.3) is 0 Å². The van der Waals surface area contributed by atoms with Crippen LogP contribution in [0.1, 0.15) is 136 Å². The molecule has 0 aromatic carbocycles. The van der Waals surface area contributed by atoms with Gasteiger partial charge in [-0.1, -0.05) is 71.6 Å². The molecule has 4 aliphatic rings. The zero-order chi connectivity index (χ0) is 25.1. The number of hydrogen-bond acceptors (Lipinski definition) is 3. The molecule has 35 heavy (non-hydrogen) atoms. The summed E-state index contributed by atoms with van der Waals surface area (Å²) in [6, 6.07) is 0. The Kier molecular flexibility index (Phi) is 9.04. The quantitative estimate of drug-likeness (QED) is 0.278. The molecule has 4 saturated carbocycles. The average Bonchev–Trinajstić information content (AvgIpc) is 3.11. The van der Waals surface area contributed by atoms with E-state index in [1.807, 2.05) is 0 Å². The van der Waals surface area contributed by atoms with Crippen LogP contribution in [-0.4, -0.2) is 28.1 Å². The first-order chi connectivity index (χ1) is 16.8. The fraction of sp³-hybridized carbons (Fsp3) is 0.935. The van der Waals surface area contributed by atoms with Gasteiger partial charge in [-0.3, -0.25) is 9.59 Å². The molecule has 4 rings (SSSR count). The number of aliphatic hydroxyl groups is 1. The van der Waals surface area contributed by atoms with E-state index in [4.69, 9.17) is 5.11 Å². The normalized spacial score (nSPS) is 40.7. The summed E-state index contributed by atoms with van der Waals surface area (Å²) in [6.45, 7) is 4.96. The van der Waals surface area contributed by atoms with Crippen molar-refractivity contribution in [3.63, 3.8) is 0 Å². The fourth-order valence-corrected chi connectivity index (χ4v) is 9.62. The minimum Gasteiger partial charge on any atom is -0.481 e. The van der Waals surface area contributed by atoms with Crippen molar-refractivity contribution in [2.75, 3.05) is 0 Å². The van der Waals surface area contributed by atoms with Crippen LogP contribution in [0.5, 0.6) is 0 Å². The third kappa shape index (κ3) is 5.83. The molecule has 0 spiro atoms. The van der Waals surface area contributed by atoms with Gasteiger partial charge in [0.2, 0.25) is 0 Å². The average molecular weight is 489 g/mol. The Hall–Kier alpha value is -0.900. The Morgan fingerprint density at radius 2 is 1.54 bits per heavy atom. The molecule has 0 heterocycles. The number of carbonyl (C=O) groups excluding carboxylic acids is 1. The third-order valence-electron chi connectivity index (χ3n) is 11.5. The summed E-state index contributed by atoms with van der Waals surface area (Å²) < 4.78 is 0. The number of unbranched alkanes of at least 4 members (excludes halogenated alkanes) is 8. The van der Waals surface area contributed by atoms with Gasteiger partial charge in [0.1, 0.15) is 5.78 Å². The Bertz CT molecular complexity index is 733. The van der Waals surface area contributed by atoms with Crippen molar-refractivity contribution in [2.24, 2.45) is 40.4 Å². The summed E-state index contributed by atoms with van der Waals surface area (Å²) >= 11 is 0. The molecule has 0 radical (unpaired) electrons. The zero-order valence-corrected chi connectivity index (χ0v) is 22.6. The Morgan fingerprint density at radius 1 is 0.886 bits per heavy atom. The van der Waals surface area contributed by atoms with E-state index in [1.165, 1.54) is 77.0 Å². The summed E-state index contributed by atoms with van der Waals surface area (Å²) in [5.74, 6) is 3.33. The van der Waals surface area contributed by atoms with Crippen molar-refractivity contribution < 1.29 is 19.8 Å². The van der Waals surface area contributed by atoms with Gasteiger partial charge in [0.25, 0.3) is 0 Å². The van der Waals surface area contributed by atoms with Gasteiger partial charge in [-0.2, -0.15) is 0 Å². The number of Topliss-reactive ketones (excluding diaryl/α,β-unsaturated/α-hetero) is 1. The minimum absolute atomic E-state index is 0.111. The molecule has 0 saturated heterocycles. The molecule has 0 aromatic heterocycles. The van der Waals surface area contributed by atoms with E-state index in [0.717, 1.165) is 50.4 Å². The Balaban J connectivity index is 1.28. The number of fused-ring (bicyclic) bond motifs is 5. The number of carboxylic acids is 1. The van der Waals surface area contributed by atoms with Crippen molar-refractivity contribution in [3.8, 4) is 0 Å². The molecular formula is C31H52O4. The van der Waals surface area contributed by atoms with E-state index in [1.54, 1.807) is 0 Å². The topological polar surface area (TPSA) is 74.6 Å². The Morgan fingerprint density at radius 3 is 2.23 bits per heavy atom. The lowest BCUT2D eigenvalue weighted by Crippen LogP contribution is -2.57. The number of carboxylic acid groups (broad SMARTS) is 1. The maximum Gasteiger partial charge on any atom is 0.303 e. The lowest BCUT2D eigenvalue weighted by atomic mass is 9.42. The van der Waals surface area contributed by atoms with Crippen molar-refractivity contribution in [1.82, 2.24) is 0 Å². The standard InChI is InChI=1S/C31H52O4/c1-30-19-18-24(32)20-23(30)14-15-25-26-16-17-27(33)31(26,2)21-22(29(25)30)12-10-8-6-4-3-5-7-9-11-13-28(34)35/h22-23,25-27,29,33H,3-21H2,1-2H3,(H,34,35)/t22?,23?,25-,26-,27?,29+,30-,31-/m0/s1. The van der Waals surface area contributed by atoms with E-state index in [0.29, 0.717) is 35.4 Å². The lowest BCUT2D eigenvalue weighted by molar-refractivity contribution is -0.159.